The van der Waals surface area contributed by atoms with Crippen LogP contribution in [0.2, 0.25) is 0 Å². The molecule has 3 aromatic rings. The predicted octanol–water partition coefficient (Wildman–Crippen LogP) is 3.84. The fourth-order valence-corrected chi connectivity index (χ4v) is 2.65. The van der Waals surface area contributed by atoms with E-state index in [0.29, 0.717) is 5.69 Å². The van der Waals surface area contributed by atoms with Crippen molar-refractivity contribution in [2.75, 3.05) is 11.1 Å². The number of anilines is 3. The first-order valence-corrected chi connectivity index (χ1v) is 7.09. The third-order valence-corrected chi connectivity index (χ3v) is 3.59. The average Bonchev–Trinajstić information content (AvgIpc) is 2.87. The zero-order valence-corrected chi connectivity index (χ0v) is 11.8. The minimum atomic E-state index is 0.642. The van der Waals surface area contributed by atoms with Gasteiger partial charge in [-0.2, -0.15) is 0 Å². The van der Waals surface area contributed by atoms with Crippen LogP contribution in [0.4, 0.5) is 16.5 Å². The van der Waals surface area contributed by atoms with Gasteiger partial charge < -0.3 is 11.1 Å². The lowest BCUT2D eigenvalue weighted by Crippen LogP contribution is -1.91. The van der Waals surface area contributed by atoms with Gasteiger partial charge in [-0.25, -0.2) is 4.98 Å². The van der Waals surface area contributed by atoms with Crippen LogP contribution >= 0.6 is 11.3 Å². The Hall–Kier alpha value is -2.40. The summed E-state index contributed by atoms with van der Waals surface area (Å²) in [6, 6.07) is 10.1. The summed E-state index contributed by atoms with van der Waals surface area (Å²) in [6.45, 7) is 2.07. The van der Waals surface area contributed by atoms with Crippen LogP contribution in [0.1, 0.15) is 5.56 Å². The Morgan fingerprint density at radius 3 is 2.90 bits per heavy atom. The molecule has 0 amide bonds. The van der Waals surface area contributed by atoms with Crippen molar-refractivity contribution in [2.24, 2.45) is 0 Å². The zero-order valence-electron chi connectivity index (χ0n) is 11.0. The van der Waals surface area contributed by atoms with E-state index in [0.717, 1.165) is 22.1 Å². The highest BCUT2D eigenvalue weighted by Crippen LogP contribution is 2.27. The van der Waals surface area contributed by atoms with Gasteiger partial charge in [0.15, 0.2) is 5.13 Å². The van der Waals surface area contributed by atoms with Crippen LogP contribution in [0.15, 0.2) is 48.1 Å². The number of pyridine rings is 1. The summed E-state index contributed by atoms with van der Waals surface area (Å²) in [7, 11) is 0. The second kappa shape index (κ2) is 5.30. The molecule has 0 saturated heterocycles. The van der Waals surface area contributed by atoms with Gasteiger partial charge in [-0.05, 0) is 30.7 Å². The molecule has 20 heavy (non-hydrogen) atoms. The molecular weight excluding hydrogens is 268 g/mol. The van der Waals surface area contributed by atoms with Gasteiger partial charge in [-0.3, -0.25) is 4.98 Å². The molecule has 3 rings (SSSR count). The van der Waals surface area contributed by atoms with Gasteiger partial charge in [0.25, 0.3) is 0 Å². The van der Waals surface area contributed by atoms with Crippen LogP contribution in [-0.2, 0) is 0 Å². The molecule has 0 radical (unpaired) electrons. The molecule has 5 heteroatoms. The first-order chi connectivity index (χ1) is 9.70. The van der Waals surface area contributed by atoms with E-state index >= 15 is 0 Å². The molecule has 0 saturated carbocycles. The highest BCUT2D eigenvalue weighted by atomic mass is 32.1. The van der Waals surface area contributed by atoms with Gasteiger partial charge in [0.2, 0.25) is 0 Å². The lowest BCUT2D eigenvalue weighted by atomic mass is 10.2. The smallest absolute Gasteiger partial charge is 0.187 e. The van der Waals surface area contributed by atoms with E-state index in [-0.39, 0.29) is 0 Å². The van der Waals surface area contributed by atoms with E-state index in [9.17, 15) is 0 Å². The maximum Gasteiger partial charge on any atom is 0.187 e. The lowest BCUT2D eigenvalue weighted by molar-refractivity contribution is 1.30. The van der Waals surface area contributed by atoms with Gasteiger partial charge in [0, 0.05) is 29.0 Å². The number of aryl methyl sites for hydroxylation is 1. The lowest BCUT2D eigenvalue weighted by Gasteiger charge is -2.03. The minimum absolute atomic E-state index is 0.642. The van der Waals surface area contributed by atoms with Crippen molar-refractivity contribution in [2.45, 2.75) is 6.92 Å². The molecule has 0 aliphatic carbocycles. The highest BCUT2D eigenvalue weighted by molar-refractivity contribution is 7.14. The second-order valence-corrected chi connectivity index (χ2v) is 5.40. The molecule has 0 atom stereocenters. The second-order valence-electron chi connectivity index (χ2n) is 4.54. The van der Waals surface area contributed by atoms with Gasteiger partial charge in [0.05, 0.1) is 11.4 Å². The van der Waals surface area contributed by atoms with E-state index in [1.807, 2.05) is 23.6 Å². The number of hydrogen-bond donors (Lipinski definition) is 2. The highest BCUT2D eigenvalue weighted by Gasteiger charge is 2.05. The Bertz CT molecular complexity index is 736. The summed E-state index contributed by atoms with van der Waals surface area (Å²) in [5, 5.41) is 6.15. The van der Waals surface area contributed by atoms with Gasteiger partial charge in [0.1, 0.15) is 0 Å². The average molecular weight is 282 g/mol. The van der Waals surface area contributed by atoms with E-state index in [4.69, 9.17) is 5.73 Å². The van der Waals surface area contributed by atoms with Crippen LogP contribution < -0.4 is 11.1 Å². The van der Waals surface area contributed by atoms with Gasteiger partial charge in [-0.1, -0.05) is 12.1 Å². The number of nitrogens with one attached hydrogen (secondary N) is 1. The summed E-state index contributed by atoms with van der Waals surface area (Å²) >= 11 is 1.56. The molecule has 2 heterocycles. The molecule has 100 valence electrons. The number of rotatable bonds is 3. The number of benzene rings is 1. The van der Waals surface area contributed by atoms with Crippen LogP contribution in [-0.4, -0.2) is 9.97 Å². The van der Waals surface area contributed by atoms with Crippen LogP contribution in [0, 0.1) is 6.92 Å². The third kappa shape index (κ3) is 2.78. The molecule has 0 fully saturated rings. The van der Waals surface area contributed by atoms with Crippen molar-refractivity contribution in [1.82, 2.24) is 9.97 Å². The van der Waals surface area contributed by atoms with E-state index in [1.54, 1.807) is 23.7 Å². The van der Waals surface area contributed by atoms with Crippen LogP contribution in [0.25, 0.3) is 11.3 Å². The summed E-state index contributed by atoms with van der Waals surface area (Å²) in [5.74, 6) is 0. The summed E-state index contributed by atoms with van der Waals surface area (Å²) in [6.07, 6.45) is 3.39. The topological polar surface area (TPSA) is 63.8 Å². The molecular formula is C15H14N4S. The standard InChI is InChI=1S/C15H14N4S/c1-10-3-2-4-13(5-10)18-15-19-14(9-20-15)11-6-12(16)8-17-7-11/h2-9H,16H2,1H3,(H,18,19). The Labute approximate surface area is 121 Å². The molecule has 0 aliphatic rings. The zero-order chi connectivity index (χ0) is 13.9. The molecule has 1 aromatic carbocycles. The molecule has 0 bridgehead atoms. The Morgan fingerprint density at radius 1 is 1.20 bits per heavy atom. The number of thiazole rings is 1. The fourth-order valence-electron chi connectivity index (χ4n) is 1.91. The van der Waals surface area contributed by atoms with E-state index < -0.39 is 0 Å². The molecule has 3 N–H and O–H groups in total. The van der Waals surface area contributed by atoms with Crippen molar-refractivity contribution in [3.63, 3.8) is 0 Å². The van der Waals surface area contributed by atoms with Crippen molar-refractivity contribution in [3.8, 4) is 11.3 Å². The molecule has 0 spiro atoms. The van der Waals surface area contributed by atoms with Crippen LogP contribution in [0.5, 0.6) is 0 Å². The quantitative estimate of drug-likeness (QED) is 0.766. The molecule has 0 aliphatic heterocycles. The maximum absolute atomic E-state index is 5.74. The Kier molecular flexibility index (Phi) is 3.35. The van der Waals surface area contributed by atoms with E-state index in [2.05, 4.69) is 34.3 Å². The predicted molar refractivity (Wildman–Crippen MR) is 84.2 cm³/mol. The molecule has 4 nitrogen and oxygen atoms in total. The summed E-state index contributed by atoms with van der Waals surface area (Å²) < 4.78 is 0. The summed E-state index contributed by atoms with van der Waals surface area (Å²) in [5.41, 5.74) is 10.4. The number of nitrogen functional groups attached to an aromatic ring is 1. The Morgan fingerprint density at radius 2 is 2.10 bits per heavy atom. The first-order valence-electron chi connectivity index (χ1n) is 6.21. The van der Waals surface area contributed by atoms with Crippen molar-refractivity contribution < 1.29 is 0 Å². The number of nitrogens with zero attached hydrogens (tertiary/aromatic N) is 2. The van der Waals surface area contributed by atoms with Crippen LogP contribution in [0.3, 0.4) is 0 Å². The van der Waals surface area contributed by atoms with Crippen molar-refractivity contribution >= 4 is 27.8 Å². The normalized spacial score (nSPS) is 10.4. The fraction of sp³-hybridized carbons (Fsp3) is 0.0667. The molecule has 0 unspecified atom stereocenters. The largest absolute Gasteiger partial charge is 0.397 e. The van der Waals surface area contributed by atoms with Gasteiger partial charge >= 0.3 is 0 Å². The van der Waals surface area contributed by atoms with E-state index in [1.165, 1.54) is 5.56 Å². The number of hydrogen-bond acceptors (Lipinski definition) is 5. The number of nitrogens with two attached hydrogens (primary N) is 1. The first kappa shape index (κ1) is 12.6. The SMILES string of the molecule is Cc1cccc(Nc2nc(-c3cncc(N)c3)cs2)c1. The number of aromatic nitrogens is 2. The Balaban J connectivity index is 1.84. The molecule has 2 aromatic heterocycles. The van der Waals surface area contributed by atoms with Gasteiger partial charge in [-0.15, -0.1) is 11.3 Å². The maximum atomic E-state index is 5.74. The van der Waals surface area contributed by atoms with Crippen molar-refractivity contribution in [1.29, 1.82) is 0 Å². The third-order valence-electron chi connectivity index (χ3n) is 2.83. The minimum Gasteiger partial charge on any atom is -0.397 e. The monoisotopic (exact) mass is 282 g/mol. The summed E-state index contributed by atoms with van der Waals surface area (Å²) in [4.78, 5) is 8.64. The van der Waals surface area contributed by atoms with Crippen molar-refractivity contribution in [3.05, 3.63) is 53.7 Å².